The molecular formula is C11H18N4O3S. The standard InChI is InChI=1S/C11H18N4O3S/c1-8(2)10-11(16)12-6-7-15(10)19(17,18)9-4-5-13-14(9)3/h4-5,8,10H,6-7H2,1-3H3,(H,12,16)/t10-/m0/s1. The molecule has 1 aromatic heterocycles. The molecule has 1 atom stereocenters. The van der Waals surface area contributed by atoms with Crippen LogP contribution in [0, 0.1) is 5.92 Å². The second-order valence-electron chi connectivity index (χ2n) is 4.89. The molecule has 7 nitrogen and oxygen atoms in total. The van der Waals surface area contributed by atoms with E-state index in [2.05, 4.69) is 10.4 Å². The van der Waals surface area contributed by atoms with Gasteiger partial charge in [0, 0.05) is 20.1 Å². The van der Waals surface area contributed by atoms with E-state index in [-0.39, 0.29) is 23.4 Å². The molecule has 1 aliphatic heterocycles. The van der Waals surface area contributed by atoms with Gasteiger partial charge in [0.15, 0.2) is 5.03 Å². The number of hydrogen-bond acceptors (Lipinski definition) is 4. The van der Waals surface area contributed by atoms with E-state index in [1.807, 2.05) is 13.8 Å². The normalized spacial score (nSPS) is 21.7. The summed E-state index contributed by atoms with van der Waals surface area (Å²) >= 11 is 0. The number of carbonyl (C=O) groups excluding carboxylic acids is 1. The Morgan fingerprint density at radius 2 is 2.16 bits per heavy atom. The van der Waals surface area contributed by atoms with E-state index in [0.717, 1.165) is 0 Å². The number of piperazine rings is 1. The van der Waals surface area contributed by atoms with Gasteiger partial charge >= 0.3 is 0 Å². The molecule has 1 aromatic rings. The quantitative estimate of drug-likeness (QED) is 0.817. The first-order chi connectivity index (χ1) is 8.85. The zero-order valence-corrected chi connectivity index (χ0v) is 12.0. The van der Waals surface area contributed by atoms with Crippen molar-refractivity contribution >= 4 is 15.9 Å². The SMILES string of the molecule is CC(C)[C@H]1C(=O)NCCN1S(=O)(=O)c1ccnn1C. The lowest BCUT2D eigenvalue weighted by Crippen LogP contribution is -2.59. The number of amides is 1. The average Bonchev–Trinajstić information content (AvgIpc) is 2.75. The van der Waals surface area contributed by atoms with Gasteiger partial charge in [0.1, 0.15) is 6.04 Å². The van der Waals surface area contributed by atoms with Gasteiger partial charge in [-0.3, -0.25) is 9.48 Å². The van der Waals surface area contributed by atoms with Crippen molar-refractivity contribution in [3.05, 3.63) is 12.3 Å². The Balaban J connectivity index is 2.44. The van der Waals surface area contributed by atoms with Crippen molar-refractivity contribution in [3.63, 3.8) is 0 Å². The van der Waals surface area contributed by atoms with E-state index in [9.17, 15) is 13.2 Å². The number of aromatic nitrogens is 2. The van der Waals surface area contributed by atoms with Crippen LogP contribution >= 0.6 is 0 Å². The van der Waals surface area contributed by atoms with E-state index >= 15 is 0 Å². The van der Waals surface area contributed by atoms with E-state index in [1.165, 1.54) is 21.3 Å². The fourth-order valence-electron chi connectivity index (χ4n) is 2.30. The molecule has 0 unspecified atom stereocenters. The van der Waals surface area contributed by atoms with Crippen molar-refractivity contribution in [2.45, 2.75) is 24.9 Å². The maximum absolute atomic E-state index is 12.6. The van der Waals surface area contributed by atoms with Crippen molar-refractivity contribution in [3.8, 4) is 0 Å². The highest BCUT2D eigenvalue weighted by molar-refractivity contribution is 7.89. The van der Waals surface area contributed by atoms with E-state index in [1.54, 1.807) is 7.05 Å². The lowest BCUT2D eigenvalue weighted by Gasteiger charge is -2.35. The summed E-state index contributed by atoms with van der Waals surface area (Å²) in [6, 6.07) is 0.771. The van der Waals surface area contributed by atoms with Gasteiger partial charge in [0.05, 0.1) is 6.20 Å². The summed E-state index contributed by atoms with van der Waals surface area (Å²) in [4.78, 5) is 11.9. The summed E-state index contributed by atoms with van der Waals surface area (Å²) < 4.78 is 27.8. The van der Waals surface area contributed by atoms with Crippen molar-refractivity contribution < 1.29 is 13.2 Å². The Bertz CT molecular complexity index is 579. The van der Waals surface area contributed by atoms with Gasteiger partial charge in [-0.05, 0) is 12.0 Å². The van der Waals surface area contributed by atoms with Crippen molar-refractivity contribution in [2.75, 3.05) is 13.1 Å². The van der Waals surface area contributed by atoms with Crippen LogP contribution in [0.4, 0.5) is 0 Å². The predicted octanol–water partition coefficient (Wildman–Crippen LogP) is -0.435. The fraction of sp³-hybridized carbons (Fsp3) is 0.636. The lowest BCUT2D eigenvalue weighted by atomic mass is 10.0. The van der Waals surface area contributed by atoms with Gasteiger partial charge in [-0.2, -0.15) is 9.40 Å². The molecule has 0 spiro atoms. The second-order valence-corrected chi connectivity index (χ2v) is 6.73. The highest BCUT2D eigenvalue weighted by Crippen LogP contribution is 2.23. The van der Waals surface area contributed by atoms with Crippen LogP contribution in [-0.2, 0) is 21.9 Å². The molecule has 0 aliphatic carbocycles. The number of rotatable bonds is 3. The molecule has 1 saturated heterocycles. The molecule has 2 heterocycles. The van der Waals surface area contributed by atoms with Gasteiger partial charge < -0.3 is 5.32 Å². The van der Waals surface area contributed by atoms with Crippen LogP contribution in [0.25, 0.3) is 0 Å². The number of sulfonamides is 1. The zero-order chi connectivity index (χ0) is 14.2. The van der Waals surface area contributed by atoms with Crippen LogP contribution in [0.2, 0.25) is 0 Å². The van der Waals surface area contributed by atoms with E-state index < -0.39 is 16.1 Å². The highest BCUT2D eigenvalue weighted by atomic mass is 32.2. The maximum atomic E-state index is 12.6. The molecule has 1 aliphatic rings. The average molecular weight is 286 g/mol. The minimum Gasteiger partial charge on any atom is -0.353 e. The molecule has 8 heteroatoms. The first kappa shape index (κ1) is 14.0. The molecule has 1 amide bonds. The molecule has 1 N–H and O–H groups in total. The van der Waals surface area contributed by atoms with Crippen LogP contribution in [-0.4, -0.2) is 47.5 Å². The van der Waals surface area contributed by atoms with Crippen molar-refractivity contribution in [1.82, 2.24) is 19.4 Å². The van der Waals surface area contributed by atoms with Gasteiger partial charge in [-0.1, -0.05) is 13.8 Å². The molecule has 2 rings (SSSR count). The summed E-state index contributed by atoms with van der Waals surface area (Å²) in [7, 11) is -2.13. The summed E-state index contributed by atoms with van der Waals surface area (Å²) in [5, 5.41) is 6.69. The predicted molar refractivity (Wildman–Crippen MR) is 68.7 cm³/mol. The number of carbonyl (C=O) groups is 1. The van der Waals surface area contributed by atoms with Gasteiger partial charge in [-0.25, -0.2) is 8.42 Å². The second kappa shape index (κ2) is 4.93. The first-order valence-electron chi connectivity index (χ1n) is 6.13. The van der Waals surface area contributed by atoms with Crippen LogP contribution in [0.5, 0.6) is 0 Å². The minimum atomic E-state index is -3.70. The van der Waals surface area contributed by atoms with Crippen LogP contribution in [0.15, 0.2) is 17.3 Å². The van der Waals surface area contributed by atoms with Gasteiger partial charge in [0.25, 0.3) is 10.0 Å². The van der Waals surface area contributed by atoms with Crippen LogP contribution in [0.1, 0.15) is 13.8 Å². The molecule has 1 fully saturated rings. The van der Waals surface area contributed by atoms with Gasteiger partial charge in [0.2, 0.25) is 5.91 Å². The molecule has 19 heavy (non-hydrogen) atoms. The number of hydrogen-bond donors (Lipinski definition) is 1. The van der Waals surface area contributed by atoms with Crippen LogP contribution in [0.3, 0.4) is 0 Å². The minimum absolute atomic E-state index is 0.0942. The lowest BCUT2D eigenvalue weighted by molar-refractivity contribution is -0.128. The maximum Gasteiger partial charge on any atom is 0.261 e. The van der Waals surface area contributed by atoms with Crippen LogP contribution < -0.4 is 5.32 Å². The Morgan fingerprint density at radius 3 is 2.68 bits per heavy atom. The highest BCUT2D eigenvalue weighted by Gasteiger charge is 2.41. The monoisotopic (exact) mass is 286 g/mol. The molecule has 0 aromatic carbocycles. The molecule has 0 radical (unpaired) electrons. The van der Waals surface area contributed by atoms with E-state index in [0.29, 0.717) is 6.54 Å². The largest absolute Gasteiger partial charge is 0.353 e. The van der Waals surface area contributed by atoms with E-state index in [4.69, 9.17) is 0 Å². The third kappa shape index (κ3) is 2.37. The molecule has 106 valence electrons. The number of nitrogens with zero attached hydrogens (tertiary/aromatic N) is 3. The topological polar surface area (TPSA) is 84.3 Å². The summed E-state index contributed by atoms with van der Waals surface area (Å²) in [6.45, 7) is 4.28. The summed E-state index contributed by atoms with van der Waals surface area (Å²) in [5.41, 5.74) is 0. The molecular weight excluding hydrogens is 268 g/mol. The third-order valence-electron chi connectivity index (χ3n) is 3.19. The Hall–Kier alpha value is -1.41. The zero-order valence-electron chi connectivity index (χ0n) is 11.2. The number of aryl methyl sites for hydroxylation is 1. The summed E-state index contributed by atoms with van der Waals surface area (Å²) in [5.74, 6) is -0.338. The Labute approximate surface area is 112 Å². The summed E-state index contributed by atoms with van der Waals surface area (Å²) in [6.07, 6.45) is 1.43. The Morgan fingerprint density at radius 1 is 1.47 bits per heavy atom. The van der Waals surface area contributed by atoms with Crippen molar-refractivity contribution in [1.29, 1.82) is 0 Å². The smallest absolute Gasteiger partial charge is 0.261 e. The Kier molecular flexibility index (Phi) is 3.64. The fourth-order valence-corrected chi connectivity index (χ4v) is 4.13. The molecule has 0 saturated carbocycles. The number of nitrogens with one attached hydrogen (secondary N) is 1. The van der Waals surface area contributed by atoms with Gasteiger partial charge in [-0.15, -0.1) is 0 Å². The van der Waals surface area contributed by atoms with Crippen molar-refractivity contribution in [2.24, 2.45) is 13.0 Å². The third-order valence-corrected chi connectivity index (χ3v) is 5.15. The molecule has 0 bridgehead atoms. The first-order valence-corrected chi connectivity index (χ1v) is 7.57.